The lowest BCUT2D eigenvalue weighted by Gasteiger charge is -2.08. The summed E-state index contributed by atoms with van der Waals surface area (Å²) in [5.41, 5.74) is 1.24. The monoisotopic (exact) mass is 422 g/mol. The van der Waals surface area contributed by atoms with E-state index in [-0.39, 0.29) is 11.5 Å². The molecule has 3 rings (SSSR count). The second kappa shape index (κ2) is 8.09. The summed E-state index contributed by atoms with van der Waals surface area (Å²) < 4.78 is 6.49. The third kappa shape index (κ3) is 4.34. The summed E-state index contributed by atoms with van der Waals surface area (Å²) >= 11 is 6.08. The van der Waals surface area contributed by atoms with Crippen LogP contribution in [0.3, 0.4) is 0 Å². The summed E-state index contributed by atoms with van der Waals surface area (Å²) in [5.74, 6) is 1.24. The maximum Gasteiger partial charge on any atom is 0.277 e. The van der Waals surface area contributed by atoms with Crippen molar-refractivity contribution in [2.45, 2.75) is 24.5 Å². The first-order valence-electron chi connectivity index (χ1n) is 7.40. The van der Waals surface area contributed by atoms with Gasteiger partial charge in [0.25, 0.3) is 5.22 Å². The van der Waals surface area contributed by atoms with Crippen molar-refractivity contribution < 1.29 is 9.21 Å². The van der Waals surface area contributed by atoms with Gasteiger partial charge in [-0.3, -0.25) is 4.79 Å². The average Bonchev–Trinajstić information content (AvgIpc) is 3.22. The van der Waals surface area contributed by atoms with Crippen LogP contribution in [0.2, 0.25) is 0 Å². The van der Waals surface area contributed by atoms with Crippen molar-refractivity contribution in [2.24, 2.45) is 0 Å². The molecular formula is C17H15BrN2O2S2. The van der Waals surface area contributed by atoms with E-state index in [0.29, 0.717) is 23.5 Å². The molecule has 1 aromatic carbocycles. The van der Waals surface area contributed by atoms with Gasteiger partial charge in [-0.25, -0.2) is 0 Å². The molecule has 0 aliphatic heterocycles. The molecule has 3 aromatic rings. The van der Waals surface area contributed by atoms with Crippen molar-refractivity contribution >= 4 is 44.8 Å². The van der Waals surface area contributed by atoms with Crippen LogP contribution in [0.1, 0.15) is 34.0 Å². The number of thioether (sulfide) groups is 1. The molecule has 0 aliphatic rings. The van der Waals surface area contributed by atoms with Gasteiger partial charge in [-0.1, -0.05) is 49.0 Å². The zero-order valence-electron chi connectivity index (χ0n) is 12.9. The first-order valence-corrected chi connectivity index (χ1v) is 10.1. The van der Waals surface area contributed by atoms with Crippen molar-refractivity contribution in [1.82, 2.24) is 10.2 Å². The van der Waals surface area contributed by atoms with E-state index in [1.54, 1.807) is 0 Å². The topological polar surface area (TPSA) is 56.0 Å². The van der Waals surface area contributed by atoms with Gasteiger partial charge in [0.15, 0.2) is 5.78 Å². The van der Waals surface area contributed by atoms with E-state index in [1.807, 2.05) is 29.6 Å². The molecule has 0 saturated heterocycles. The van der Waals surface area contributed by atoms with Gasteiger partial charge < -0.3 is 4.42 Å². The molecule has 4 nitrogen and oxygen atoms in total. The average molecular weight is 423 g/mol. The number of halogens is 1. The third-order valence-corrected chi connectivity index (χ3v) is 6.19. The second-order valence-corrected chi connectivity index (χ2v) is 7.98. The van der Waals surface area contributed by atoms with E-state index in [4.69, 9.17) is 4.42 Å². The number of benzene rings is 1. The first-order chi connectivity index (χ1) is 11.6. The summed E-state index contributed by atoms with van der Waals surface area (Å²) in [4.78, 5) is 12.9. The van der Waals surface area contributed by atoms with Gasteiger partial charge in [0.05, 0.1) is 10.6 Å². The standard InChI is InChI=1S/C17H15BrN2O2S2/c1-11(12-5-3-2-4-6-12)9-15-19-20-17(22-15)24-10-14(21)16-13(18)7-8-23-16/h2-8,11H,9-10H2,1H3. The third-order valence-electron chi connectivity index (χ3n) is 3.49. The van der Waals surface area contributed by atoms with E-state index >= 15 is 0 Å². The van der Waals surface area contributed by atoms with Crippen LogP contribution in [0.25, 0.3) is 0 Å². The SMILES string of the molecule is CC(Cc1nnc(SCC(=O)c2sccc2Br)o1)c1ccccc1. The normalized spacial score (nSPS) is 12.2. The first kappa shape index (κ1) is 17.4. The molecule has 7 heteroatoms. The number of thiophene rings is 1. The fraction of sp³-hybridized carbons (Fsp3) is 0.235. The van der Waals surface area contributed by atoms with Gasteiger partial charge in [-0.2, -0.15) is 0 Å². The Bertz CT molecular complexity index is 817. The van der Waals surface area contributed by atoms with E-state index in [2.05, 4.69) is 45.2 Å². The summed E-state index contributed by atoms with van der Waals surface area (Å²) in [7, 11) is 0. The van der Waals surface area contributed by atoms with Gasteiger partial charge in [0.2, 0.25) is 5.89 Å². The molecular weight excluding hydrogens is 408 g/mol. The van der Waals surface area contributed by atoms with Crippen molar-refractivity contribution in [3.8, 4) is 0 Å². The van der Waals surface area contributed by atoms with Gasteiger partial charge >= 0.3 is 0 Å². The molecule has 0 radical (unpaired) electrons. The lowest BCUT2D eigenvalue weighted by atomic mass is 9.98. The van der Waals surface area contributed by atoms with Crippen LogP contribution in [-0.2, 0) is 6.42 Å². The van der Waals surface area contributed by atoms with Crippen LogP contribution in [0.5, 0.6) is 0 Å². The number of hydrogen-bond donors (Lipinski definition) is 0. The summed E-state index contributed by atoms with van der Waals surface area (Å²) in [6.45, 7) is 2.13. The molecule has 0 N–H and O–H groups in total. The van der Waals surface area contributed by atoms with E-state index in [1.165, 1.54) is 28.7 Å². The fourth-order valence-electron chi connectivity index (χ4n) is 2.23. The Morgan fingerprint density at radius 2 is 2.08 bits per heavy atom. The molecule has 1 unspecified atom stereocenters. The molecule has 0 saturated carbocycles. The molecule has 0 fully saturated rings. The summed E-state index contributed by atoms with van der Waals surface area (Å²) in [6, 6.07) is 12.1. The fourth-order valence-corrected chi connectivity index (χ4v) is 4.50. The molecule has 124 valence electrons. The highest BCUT2D eigenvalue weighted by Crippen LogP contribution is 2.26. The Labute approximate surface area is 156 Å². The van der Waals surface area contributed by atoms with Crippen molar-refractivity contribution in [3.63, 3.8) is 0 Å². The number of carbonyl (C=O) groups is 1. The lowest BCUT2D eigenvalue weighted by Crippen LogP contribution is -2.00. The van der Waals surface area contributed by atoms with Crippen LogP contribution in [0.15, 0.2) is 55.9 Å². The zero-order valence-corrected chi connectivity index (χ0v) is 16.2. The molecule has 0 aliphatic carbocycles. The molecule has 24 heavy (non-hydrogen) atoms. The van der Waals surface area contributed by atoms with E-state index in [9.17, 15) is 4.79 Å². The van der Waals surface area contributed by atoms with Crippen LogP contribution in [0, 0.1) is 0 Å². The largest absolute Gasteiger partial charge is 0.416 e. The number of Topliss-reactive ketones (excluding diaryl/α,β-unsaturated/α-hetero) is 1. The number of hydrogen-bond acceptors (Lipinski definition) is 6. The maximum absolute atomic E-state index is 12.1. The molecule has 0 amide bonds. The number of aromatic nitrogens is 2. The molecule has 0 bridgehead atoms. The minimum Gasteiger partial charge on any atom is -0.416 e. The number of ketones is 1. The van der Waals surface area contributed by atoms with Crippen LogP contribution in [-0.4, -0.2) is 21.7 Å². The highest BCUT2D eigenvalue weighted by Gasteiger charge is 2.16. The van der Waals surface area contributed by atoms with Crippen molar-refractivity contribution in [3.05, 3.63) is 62.6 Å². The Balaban J connectivity index is 1.56. The minimum atomic E-state index is 0.0549. The number of nitrogens with zero attached hydrogens (tertiary/aromatic N) is 2. The van der Waals surface area contributed by atoms with Crippen LogP contribution < -0.4 is 0 Å². The van der Waals surface area contributed by atoms with Gasteiger partial charge in [0, 0.05) is 10.9 Å². The predicted octanol–water partition coefficient (Wildman–Crippen LogP) is 5.21. The number of rotatable bonds is 7. The zero-order chi connectivity index (χ0) is 16.9. The molecule has 1 atom stereocenters. The van der Waals surface area contributed by atoms with Crippen LogP contribution in [0.4, 0.5) is 0 Å². The van der Waals surface area contributed by atoms with Gasteiger partial charge in [0.1, 0.15) is 0 Å². The summed E-state index contributed by atoms with van der Waals surface area (Å²) in [6.07, 6.45) is 0.683. The van der Waals surface area contributed by atoms with E-state index < -0.39 is 0 Å². The van der Waals surface area contributed by atoms with Crippen molar-refractivity contribution in [2.75, 3.05) is 5.75 Å². The Morgan fingerprint density at radius 1 is 1.29 bits per heavy atom. The second-order valence-electron chi connectivity index (χ2n) is 5.29. The molecule has 0 spiro atoms. The van der Waals surface area contributed by atoms with Gasteiger partial charge in [-0.05, 0) is 38.9 Å². The van der Waals surface area contributed by atoms with Gasteiger partial charge in [-0.15, -0.1) is 21.5 Å². The minimum absolute atomic E-state index is 0.0549. The summed E-state index contributed by atoms with van der Waals surface area (Å²) in [5, 5.41) is 10.4. The predicted molar refractivity (Wildman–Crippen MR) is 99.9 cm³/mol. The molecule has 2 heterocycles. The smallest absolute Gasteiger partial charge is 0.277 e. The van der Waals surface area contributed by atoms with E-state index in [0.717, 1.165) is 9.35 Å². The highest BCUT2D eigenvalue weighted by molar-refractivity contribution is 9.10. The van der Waals surface area contributed by atoms with Crippen LogP contribution >= 0.6 is 39.0 Å². The number of carbonyl (C=O) groups excluding carboxylic acids is 1. The Hall–Kier alpha value is -1.44. The van der Waals surface area contributed by atoms with Crippen molar-refractivity contribution in [1.29, 1.82) is 0 Å². The maximum atomic E-state index is 12.1. The highest BCUT2D eigenvalue weighted by atomic mass is 79.9. The Kier molecular flexibility index (Phi) is 5.86. The molecule has 2 aromatic heterocycles. The lowest BCUT2D eigenvalue weighted by molar-refractivity contribution is 0.102. The Morgan fingerprint density at radius 3 is 2.79 bits per heavy atom. The quantitative estimate of drug-likeness (QED) is 0.386.